The minimum absolute atomic E-state index is 0.218. The summed E-state index contributed by atoms with van der Waals surface area (Å²) in [5, 5.41) is 0. The maximum Gasteiger partial charge on any atom is 0.130 e. The van der Waals surface area contributed by atoms with Crippen LogP contribution in [-0.4, -0.2) is 0 Å². The van der Waals surface area contributed by atoms with Crippen molar-refractivity contribution in [2.45, 2.75) is 6.42 Å². The first kappa shape index (κ1) is 4.56. The van der Waals surface area contributed by atoms with E-state index in [1.807, 2.05) is 18.2 Å². The molecule has 50 valence electrons. The number of allylic oxidation sites excluding steroid dienone is 5. The second-order valence-electron chi connectivity index (χ2n) is 2.22. The zero-order valence-electron chi connectivity index (χ0n) is 6.50. The Morgan fingerprint density at radius 1 is 1.60 bits per heavy atom. The van der Waals surface area contributed by atoms with Gasteiger partial charge in [0.25, 0.3) is 0 Å². The molecular weight excluding hydrogens is 124 g/mol. The number of hydrogen-bond donors (Lipinski definition) is 0. The standard InChI is InChI=1S/C9H8O/c1-2-6-9-8(4-1)5-3-7-10-9/h1,3-7H,2H2/i7D. The Balaban J connectivity index is 2.38. The summed E-state index contributed by atoms with van der Waals surface area (Å²) in [5.74, 6) is 0.819. The Hall–Kier alpha value is -1.24. The molecule has 1 aliphatic carbocycles. The van der Waals surface area contributed by atoms with Gasteiger partial charge in [-0.15, -0.1) is 0 Å². The first-order valence-corrected chi connectivity index (χ1v) is 3.30. The van der Waals surface area contributed by atoms with Crippen LogP contribution >= 0.6 is 0 Å². The van der Waals surface area contributed by atoms with Gasteiger partial charge in [-0.3, -0.25) is 0 Å². The lowest BCUT2D eigenvalue weighted by Crippen LogP contribution is -1.95. The Kier molecular flexibility index (Phi) is 0.992. The molecule has 1 nitrogen and oxygen atoms in total. The smallest absolute Gasteiger partial charge is 0.130 e. The summed E-state index contributed by atoms with van der Waals surface area (Å²) in [5.41, 5.74) is 1.06. The van der Waals surface area contributed by atoms with Gasteiger partial charge in [-0.2, -0.15) is 0 Å². The van der Waals surface area contributed by atoms with Crippen LogP contribution in [0.15, 0.2) is 48.0 Å². The Morgan fingerprint density at radius 2 is 2.60 bits per heavy atom. The van der Waals surface area contributed by atoms with Crippen molar-refractivity contribution in [2.75, 3.05) is 0 Å². The van der Waals surface area contributed by atoms with Crippen molar-refractivity contribution in [2.24, 2.45) is 0 Å². The minimum Gasteiger partial charge on any atom is -0.465 e. The van der Waals surface area contributed by atoms with Crippen LogP contribution in [0.2, 0.25) is 0 Å². The molecule has 0 unspecified atom stereocenters. The molecule has 10 heavy (non-hydrogen) atoms. The summed E-state index contributed by atoms with van der Waals surface area (Å²) in [6, 6.07) is 0. The van der Waals surface area contributed by atoms with Gasteiger partial charge in [-0.05, 0) is 24.6 Å². The third-order valence-corrected chi connectivity index (χ3v) is 1.52. The minimum atomic E-state index is 0.218. The van der Waals surface area contributed by atoms with Crippen LogP contribution in [0.3, 0.4) is 0 Å². The van der Waals surface area contributed by atoms with E-state index in [9.17, 15) is 0 Å². The van der Waals surface area contributed by atoms with Gasteiger partial charge in [0.1, 0.15) is 7.13 Å². The van der Waals surface area contributed by atoms with Gasteiger partial charge < -0.3 is 4.74 Å². The fourth-order valence-electron chi connectivity index (χ4n) is 1.03. The van der Waals surface area contributed by atoms with E-state index in [0.717, 1.165) is 17.8 Å². The van der Waals surface area contributed by atoms with Gasteiger partial charge in [-0.25, -0.2) is 0 Å². The zero-order valence-corrected chi connectivity index (χ0v) is 5.50. The van der Waals surface area contributed by atoms with E-state index in [0.29, 0.717) is 0 Å². The lowest BCUT2D eigenvalue weighted by Gasteiger charge is -2.12. The van der Waals surface area contributed by atoms with Crippen LogP contribution in [0, 0.1) is 0 Å². The summed E-state index contributed by atoms with van der Waals surface area (Å²) in [7, 11) is 0. The van der Waals surface area contributed by atoms with E-state index in [1.165, 1.54) is 0 Å². The Labute approximate surface area is 61.4 Å². The van der Waals surface area contributed by atoms with Gasteiger partial charge in [0.05, 0.1) is 6.24 Å². The first-order valence-electron chi connectivity index (χ1n) is 3.80. The van der Waals surface area contributed by atoms with Crippen LogP contribution in [0.25, 0.3) is 0 Å². The molecule has 1 aliphatic heterocycles. The van der Waals surface area contributed by atoms with E-state index >= 15 is 0 Å². The second kappa shape index (κ2) is 2.18. The second-order valence-corrected chi connectivity index (χ2v) is 2.22. The SMILES string of the molecule is [2H]C1=CC=C2C=CCC=C2O1. The van der Waals surface area contributed by atoms with E-state index < -0.39 is 0 Å². The summed E-state index contributed by atoms with van der Waals surface area (Å²) in [4.78, 5) is 0. The van der Waals surface area contributed by atoms with E-state index in [1.54, 1.807) is 6.08 Å². The van der Waals surface area contributed by atoms with Crippen LogP contribution < -0.4 is 0 Å². The largest absolute Gasteiger partial charge is 0.465 e. The molecule has 0 saturated carbocycles. The monoisotopic (exact) mass is 133 g/mol. The average molecular weight is 133 g/mol. The molecule has 1 heteroatoms. The number of ether oxygens (including phenoxy) is 1. The molecule has 2 rings (SSSR count). The van der Waals surface area contributed by atoms with E-state index in [-0.39, 0.29) is 6.24 Å². The zero-order chi connectivity index (χ0) is 7.68. The first-order chi connectivity index (χ1) is 5.36. The molecule has 0 atom stereocenters. The Morgan fingerprint density at radius 3 is 3.60 bits per heavy atom. The van der Waals surface area contributed by atoms with Gasteiger partial charge >= 0.3 is 0 Å². The van der Waals surface area contributed by atoms with Gasteiger partial charge in [0, 0.05) is 5.57 Å². The van der Waals surface area contributed by atoms with Gasteiger partial charge in [0.15, 0.2) is 0 Å². The lowest BCUT2D eigenvalue weighted by atomic mass is 10.1. The molecule has 0 spiro atoms. The lowest BCUT2D eigenvalue weighted by molar-refractivity contribution is 0.357. The highest BCUT2D eigenvalue weighted by Gasteiger charge is 2.06. The maximum atomic E-state index is 7.22. The highest BCUT2D eigenvalue weighted by atomic mass is 16.5. The molecule has 2 aliphatic rings. The maximum absolute atomic E-state index is 7.22. The molecule has 1 heterocycles. The van der Waals surface area contributed by atoms with Crippen molar-refractivity contribution in [3.05, 3.63) is 48.0 Å². The quantitative estimate of drug-likeness (QED) is 0.492. The normalized spacial score (nSPS) is 23.2. The summed E-state index contributed by atoms with van der Waals surface area (Å²) in [6.45, 7) is 0. The molecule has 0 aromatic carbocycles. The number of rotatable bonds is 0. The molecule has 0 aromatic heterocycles. The third-order valence-electron chi connectivity index (χ3n) is 1.52. The fraction of sp³-hybridized carbons (Fsp3) is 0.111. The molecular formula is C9H8O. The van der Waals surface area contributed by atoms with E-state index in [4.69, 9.17) is 6.11 Å². The number of fused-ring (bicyclic) bond motifs is 1. The summed E-state index contributed by atoms with van der Waals surface area (Å²) < 4.78 is 12.4. The molecule has 0 saturated heterocycles. The van der Waals surface area contributed by atoms with Crippen LogP contribution in [0.5, 0.6) is 0 Å². The molecule has 0 radical (unpaired) electrons. The topological polar surface area (TPSA) is 9.23 Å². The molecule has 0 amide bonds. The van der Waals surface area contributed by atoms with Crippen molar-refractivity contribution >= 4 is 0 Å². The van der Waals surface area contributed by atoms with Crippen LogP contribution in [0.4, 0.5) is 0 Å². The van der Waals surface area contributed by atoms with Crippen molar-refractivity contribution in [1.29, 1.82) is 0 Å². The summed E-state index contributed by atoms with van der Waals surface area (Å²) in [6.07, 6.45) is 10.7. The van der Waals surface area contributed by atoms with Crippen LogP contribution in [0.1, 0.15) is 7.79 Å². The van der Waals surface area contributed by atoms with Crippen molar-refractivity contribution < 1.29 is 6.11 Å². The Bertz CT molecular complexity index is 295. The van der Waals surface area contributed by atoms with Gasteiger partial charge in [-0.1, -0.05) is 12.2 Å². The van der Waals surface area contributed by atoms with Crippen molar-refractivity contribution in [3.63, 3.8) is 0 Å². The highest BCUT2D eigenvalue weighted by molar-refractivity contribution is 5.43. The predicted molar refractivity (Wildman–Crippen MR) is 40.1 cm³/mol. The molecule has 0 N–H and O–H groups in total. The van der Waals surface area contributed by atoms with Gasteiger partial charge in [0.2, 0.25) is 0 Å². The van der Waals surface area contributed by atoms with Crippen LogP contribution in [-0.2, 0) is 4.74 Å². The predicted octanol–water partition coefficient (Wildman–Crippen LogP) is 2.30. The third kappa shape index (κ3) is 0.798. The highest BCUT2D eigenvalue weighted by Crippen LogP contribution is 2.21. The fourth-order valence-corrected chi connectivity index (χ4v) is 1.03. The van der Waals surface area contributed by atoms with Crippen molar-refractivity contribution in [3.8, 4) is 0 Å². The summed E-state index contributed by atoms with van der Waals surface area (Å²) >= 11 is 0. The van der Waals surface area contributed by atoms with E-state index in [2.05, 4.69) is 6.08 Å². The number of hydrogen-bond acceptors (Lipinski definition) is 1. The average Bonchev–Trinajstić information content (AvgIpc) is 2.04. The van der Waals surface area contributed by atoms with Crippen molar-refractivity contribution in [1.82, 2.24) is 0 Å². The molecule has 0 fully saturated rings. The molecule has 0 aromatic rings. The molecule has 0 bridgehead atoms.